The molecule has 8 heteroatoms. The maximum absolute atomic E-state index is 13.0. The lowest BCUT2D eigenvalue weighted by molar-refractivity contribution is -0.130. The van der Waals surface area contributed by atoms with Crippen LogP contribution in [0.3, 0.4) is 0 Å². The Balaban J connectivity index is 1.39. The van der Waals surface area contributed by atoms with Crippen LogP contribution in [0.2, 0.25) is 0 Å². The number of aromatic nitrogens is 3. The quantitative estimate of drug-likeness (QED) is 0.718. The van der Waals surface area contributed by atoms with Crippen LogP contribution in [0, 0.1) is 5.41 Å². The van der Waals surface area contributed by atoms with Gasteiger partial charge < -0.3 is 14.6 Å². The summed E-state index contributed by atoms with van der Waals surface area (Å²) in [6, 6.07) is 12.5. The number of fused-ring (bicyclic) bond motifs is 1. The minimum atomic E-state index is -0.303. The largest absolute Gasteiger partial charge is 0.469 e. The van der Waals surface area contributed by atoms with Crippen molar-refractivity contribution >= 4 is 11.8 Å². The van der Waals surface area contributed by atoms with Gasteiger partial charge in [0.25, 0.3) is 5.91 Å². The van der Waals surface area contributed by atoms with Crippen molar-refractivity contribution in [2.75, 3.05) is 13.1 Å². The molecule has 0 unspecified atom stereocenters. The highest BCUT2D eigenvalue weighted by Crippen LogP contribution is 2.47. The second-order valence-electron chi connectivity index (χ2n) is 8.05. The van der Waals surface area contributed by atoms with Crippen molar-refractivity contribution in [2.45, 2.75) is 31.8 Å². The summed E-state index contributed by atoms with van der Waals surface area (Å²) in [5, 5.41) is 7.50. The summed E-state index contributed by atoms with van der Waals surface area (Å²) < 4.78 is 7.19. The number of carbonyl (C=O) groups excluding carboxylic acids is 2. The van der Waals surface area contributed by atoms with Gasteiger partial charge in [0.2, 0.25) is 5.91 Å². The maximum atomic E-state index is 13.0. The summed E-state index contributed by atoms with van der Waals surface area (Å²) in [7, 11) is 0. The van der Waals surface area contributed by atoms with Gasteiger partial charge >= 0.3 is 0 Å². The van der Waals surface area contributed by atoms with Gasteiger partial charge in [0.1, 0.15) is 17.9 Å². The molecule has 2 aliphatic rings. The Kier molecular flexibility index (Phi) is 4.61. The molecule has 1 saturated heterocycles. The third-order valence-corrected chi connectivity index (χ3v) is 6.29. The number of benzene rings is 1. The zero-order chi connectivity index (χ0) is 20.6. The zero-order valence-electron chi connectivity index (χ0n) is 16.5. The Morgan fingerprint density at radius 1 is 1.13 bits per heavy atom. The molecule has 1 N–H and O–H groups in total. The van der Waals surface area contributed by atoms with E-state index < -0.39 is 0 Å². The van der Waals surface area contributed by atoms with E-state index in [1.54, 1.807) is 24.5 Å². The average Bonchev–Trinajstić information content (AvgIpc) is 3.52. The number of amides is 2. The predicted octanol–water partition coefficient (Wildman–Crippen LogP) is 2.21. The number of furan rings is 1. The molecule has 2 aliphatic heterocycles. The molecule has 1 fully saturated rings. The Morgan fingerprint density at radius 3 is 2.77 bits per heavy atom. The van der Waals surface area contributed by atoms with E-state index in [9.17, 15) is 9.59 Å². The molecule has 3 aromatic rings. The molecule has 0 radical (unpaired) electrons. The fourth-order valence-electron chi connectivity index (χ4n) is 4.66. The van der Waals surface area contributed by atoms with Gasteiger partial charge in [0.05, 0.1) is 18.7 Å². The number of likely N-dealkylation sites (tertiary alicyclic amines) is 1. The second kappa shape index (κ2) is 7.44. The molecule has 154 valence electrons. The summed E-state index contributed by atoms with van der Waals surface area (Å²) in [5.41, 5.74) is 0.347. The minimum absolute atomic E-state index is 0.0435. The Labute approximate surface area is 173 Å². The number of hydrogen-bond donors (Lipinski definition) is 1. The highest BCUT2D eigenvalue weighted by Gasteiger charge is 2.50. The van der Waals surface area contributed by atoms with Gasteiger partial charge in [0.15, 0.2) is 0 Å². The van der Waals surface area contributed by atoms with Gasteiger partial charge in [-0.2, -0.15) is 5.10 Å². The first-order valence-corrected chi connectivity index (χ1v) is 10.2. The van der Waals surface area contributed by atoms with Crippen LogP contribution >= 0.6 is 0 Å². The molecule has 5 rings (SSSR count). The molecule has 0 bridgehead atoms. The minimum Gasteiger partial charge on any atom is -0.469 e. The molecule has 1 aromatic carbocycles. The van der Waals surface area contributed by atoms with Crippen LogP contribution in [0.25, 0.3) is 0 Å². The molecule has 0 aliphatic carbocycles. The smallest absolute Gasteiger partial charge is 0.251 e. The number of nitrogens with zero attached hydrogens (tertiary/aromatic N) is 4. The number of hydrogen-bond acceptors (Lipinski definition) is 5. The summed E-state index contributed by atoms with van der Waals surface area (Å²) in [4.78, 5) is 32.1. The van der Waals surface area contributed by atoms with Gasteiger partial charge in [0, 0.05) is 30.6 Å². The first-order chi connectivity index (χ1) is 14.6. The predicted molar refractivity (Wildman–Crippen MR) is 107 cm³/mol. The van der Waals surface area contributed by atoms with E-state index >= 15 is 0 Å². The van der Waals surface area contributed by atoms with Crippen LogP contribution in [0.4, 0.5) is 0 Å². The first-order valence-electron chi connectivity index (χ1n) is 10.2. The van der Waals surface area contributed by atoms with Crippen molar-refractivity contribution in [2.24, 2.45) is 5.41 Å². The Hall–Kier alpha value is -3.42. The lowest BCUT2D eigenvalue weighted by Crippen LogP contribution is -2.48. The number of carbonyl (C=O) groups is 2. The molecular weight excluding hydrogens is 382 g/mol. The fraction of sp³-hybridized carbons (Fsp3) is 0.364. The standard InChI is InChI=1S/C22H23N5O3/c28-18(13-17-7-4-12-30-17)26-10-8-22(14-26)9-11-27-20(23-15-24-27)19(22)25-21(29)16-5-2-1-3-6-16/h1-7,12,15,19H,8-11,13-14H2,(H,25,29)/t19-,22-/m0/s1. The molecule has 2 atom stereocenters. The first kappa shape index (κ1) is 18.6. The molecule has 1 spiro atoms. The van der Waals surface area contributed by atoms with Gasteiger partial charge in [-0.05, 0) is 37.1 Å². The molecule has 2 aromatic heterocycles. The van der Waals surface area contributed by atoms with Gasteiger partial charge in [-0.1, -0.05) is 18.2 Å². The highest BCUT2D eigenvalue weighted by molar-refractivity contribution is 5.94. The van der Waals surface area contributed by atoms with Crippen LogP contribution in [-0.4, -0.2) is 44.6 Å². The molecule has 2 amide bonds. The Bertz CT molecular complexity index is 1050. The third-order valence-electron chi connectivity index (χ3n) is 6.29. The van der Waals surface area contributed by atoms with E-state index in [1.807, 2.05) is 33.8 Å². The molecule has 4 heterocycles. The van der Waals surface area contributed by atoms with E-state index in [0.717, 1.165) is 25.2 Å². The van der Waals surface area contributed by atoms with Crippen molar-refractivity contribution in [3.63, 3.8) is 0 Å². The fourth-order valence-corrected chi connectivity index (χ4v) is 4.66. The number of nitrogens with one attached hydrogen (secondary N) is 1. The topological polar surface area (TPSA) is 93.3 Å². The maximum Gasteiger partial charge on any atom is 0.251 e. The highest BCUT2D eigenvalue weighted by atomic mass is 16.3. The molecule has 0 saturated carbocycles. The van der Waals surface area contributed by atoms with Gasteiger partial charge in [-0.25, -0.2) is 9.67 Å². The Morgan fingerprint density at radius 2 is 1.97 bits per heavy atom. The summed E-state index contributed by atoms with van der Waals surface area (Å²) >= 11 is 0. The third kappa shape index (κ3) is 3.28. The van der Waals surface area contributed by atoms with Crippen LogP contribution in [0.1, 0.15) is 40.8 Å². The van der Waals surface area contributed by atoms with Crippen LogP contribution in [-0.2, 0) is 17.8 Å². The van der Waals surface area contributed by atoms with E-state index in [2.05, 4.69) is 15.4 Å². The number of aryl methyl sites for hydroxylation is 1. The normalized spacial score (nSPS) is 22.8. The van der Waals surface area contributed by atoms with E-state index in [-0.39, 0.29) is 29.7 Å². The van der Waals surface area contributed by atoms with Crippen molar-refractivity contribution < 1.29 is 14.0 Å². The van der Waals surface area contributed by atoms with Crippen molar-refractivity contribution in [3.8, 4) is 0 Å². The van der Waals surface area contributed by atoms with Gasteiger partial charge in [-0.3, -0.25) is 9.59 Å². The lowest BCUT2D eigenvalue weighted by Gasteiger charge is -2.40. The summed E-state index contributed by atoms with van der Waals surface area (Å²) in [6.45, 7) is 1.97. The van der Waals surface area contributed by atoms with Crippen molar-refractivity contribution in [3.05, 3.63) is 72.2 Å². The average molecular weight is 405 g/mol. The van der Waals surface area contributed by atoms with E-state index in [1.165, 1.54) is 6.33 Å². The second-order valence-corrected chi connectivity index (χ2v) is 8.05. The zero-order valence-corrected chi connectivity index (χ0v) is 16.5. The van der Waals surface area contributed by atoms with Crippen LogP contribution < -0.4 is 5.32 Å². The molecular formula is C22H23N5O3. The van der Waals surface area contributed by atoms with Crippen LogP contribution in [0.15, 0.2) is 59.5 Å². The van der Waals surface area contributed by atoms with Crippen LogP contribution in [0.5, 0.6) is 0 Å². The SMILES string of the molecule is O=C(N[C@H]1c2ncnn2CC[C@]12CCN(C(=O)Cc1ccco1)C2)c1ccccc1. The van der Waals surface area contributed by atoms with Crippen molar-refractivity contribution in [1.82, 2.24) is 25.0 Å². The molecule has 30 heavy (non-hydrogen) atoms. The number of rotatable bonds is 4. The monoisotopic (exact) mass is 405 g/mol. The lowest BCUT2D eigenvalue weighted by atomic mass is 9.74. The molecule has 8 nitrogen and oxygen atoms in total. The van der Waals surface area contributed by atoms with E-state index in [0.29, 0.717) is 24.4 Å². The van der Waals surface area contributed by atoms with E-state index in [4.69, 9.17) is 4.42 Å². The van der Waals surface area contributed by atoms with Gasteiger partial charge in [-0.15, -0.1) is 0 Å². The van der Waals surface area contributed by atoms with Crippen molar-refractivity contribution in [1.29, 1.82) is 0 Å². The summed E-state index contributed by atoms with van der Waals surface area (Å²) in [6.07, 6.45) is 5.00. The summed E-state index contributed by atoms with van der Waals surface area (Å²) in [5.74, 6) is 1.32.